The van der Waals surface area contributed by atoms with E-state index in [2.05, 4.69) is 20.5 Å². The third kappa shape index (κ3) is 4.15. The van der Waals surface area contributed by atoms with E-state index in [1.807, 2.05) is 67.6 Å². The lowest BCUT2D eigenvalue weighted by Gasteiger charge is -2.09. The summed E-state index contributed by atoms with van der Waals surface area (Å²) in [6.07, 6.45) is 3.49. The number of pyridine rings is 1. The monoisotopic (exact) mass is 372 g/mol. The van der Waals surface area contributed by atoms with Crippen LogP contribution >= 0.6 is 0 Å². The highest BCUT2D eigenvalue weighted by Gasteiger charge is 2.12. The second kappa shape index (κ2) is 7.87. The summed E-state index contributed by atoms with van der Waals surface area (Å²) in [5, 5.41) is 11.8. The number of aromatic nitrogens is 5. The molecule has 4 aromatic rings. The first-order valence-electron chi connectivity index (χ1n) is 9.00. The van der Waals surface area contributed by atoms with Gasteiger partial charge in [-0.25, -0.2) is 4.68 Å². The van der Waals surface area contributed by atoms with Crippen molar-refractivity contribution >= 4 is 11.7 Å². The number of nitrogens with zero attached hydrogens (tertiary/aromatic N) is 5. The molecule has 1 amide bonds. The Morgan fingerprint density at radius 1 is 1.00 bits per heavy atom. The van der Waals surface area contributed by atoms with Gasteiger partial charge in [0.25, 0.3) is 0 Å². The van der Waals surface area contributed by atoms with Crippen molar-refractivity contribution in [1.29, 1.82) is 0 Å². The minimum absolute atomic E-state index is 0.113. The summed E-state index contributed by atoms with van der Waals surface area (Å²) in [4.78, 5) is 16.8. The molecular weight excluding hydrogens is 352 g/mol. The van der Waals surface area contributed by atoms with Crippen LogP contribution in [0.15, 0.2) is 73.1 Å². The molecule has 0 atom stereocenters. The number of aryl methyl sites for hydroxylation is 1. The first-order chi connectivity index (χ1) is 13.7. The SMILES string of the molecule is Cc1cc(NC(=O)Cn2ccc(-c3ccccn3)n2)n(Cc2ccccc2)n1. The van der Waals surface area contributed by atoms with Crippen LogP contribution in [0.2, 0.25) is 0 Å². The van der Waals surface area contributed by atoms with Gasteiger partial charge in [0.15, 0.2) is 0 Å². The Morgan fingerprint density at radius 3 is 2.61 bits per heavy atom. The summed E-state index contributed by atoms with van der Waals surface area (Å²) >= 11 is 0. The van der Waals surface area contributed by atoms with Gasteiger partial charge in [0.1, 0.15) is 18.1 Å². The van der Waals surface area contributed by atoms with Crippen LogP contribution in [0.1, 0.15) is 11.3 Å². The predicted molar refractivity (Wildman–Crippen MR) is 107 cm³/mol. The highest BCUT2D eigenvalue weighted by Crippen LogP contribution is 2.15. The lowest BCUT2D eigenvalue weighted by Crippen LogP contribution is -2.21. The molecule has 0 unspecified atom stereocenters. The molecule has 140 valence electrons. The summed E-state index contributed by atoms with van der Waals surface area (Å²) < 4.78 is 3.40. The van der Waals surface area contributed by atoms with Gasteiger partial charge in [0.2, 0.25) is 5.91 Å². The van der Waals surface area contributed by atoms with E-state index in [0.717, 1.165) is 22.6 Å². The van der Waals surface area contributed by atoms with Crippen molar-refractivity contribution in [2.75, 3.05) is 5.32 Å². The average molecular weight is 372 g/mol. The van der Waals surface area contributed by atoms with E-state index in [1.54, 1.807) is 21.8 Å². The Bertz CT molecular complexity index is 1070. The van der Waals surface area contributed by atoms with E-state index in [0.29, 0.717) is 12.4 Å². The number of hydrogen-bond donors (Lipinski definition) is 1. The lowest BCUT2D eigenvalue weighted by atomic mass is 10.2. The Balaban J connectivity index is 1.44. The fourth-order valence-corrected chi connectivity index (χ4v) is 2.95. The van der Waals surface area contributed by atoms with E-state index in [1.165, 1.54) is 0 Å². The van der Waals surface area contributed by atoms with Gasteiger partial charge in [-0.05, 0) is 30.7 Å². The number of carbonyl (C=O) groups is 1. The topological polar surface area (TPSA) is 77.6 Å². The van der Waals surface area contributed by atoms with Gasteiger partial charge in [-0.15, -0.1) is 0 Å². The minimum atomic E-state index is -0.162. The fourth-order valence-electron chi connectivity index (χ4n) is 2.95. The van der Waals surface area contributed by atoms with Crippen LogP contribution in [0.4, 0.5) is 5.82 Å². The van der Waals surface area contributed by atoms with Crippen molar-refractivity contribution in [2.45, 2.75) is 20.0 Å². The van der Waals surface area contributed by atoms with E-state index >= 15 is 0 Å². The molecule has 7 heteroatoms. The van der Waals surface area contributed by atoms with Crippen molar-refractivity contribution in [2.24, 2.45) is 0 Å². The number of benzene rings is 1. The molecule has 28 heavy (non-hydrogen) atoms. The van der Waals surface area contributed by atoms with Gasteiger partial charge in [-0.3, -0.25) is 14.5 Å². The molecule has 1 N–H and O–H groups in total. The Hall–Kier alpha value is -3.74. The molecule has 3 aromatic heterocycles. The maximum atomic E-state index is 12.5. The fraction of sp³-hybridized carbons (Fsp3) is 0.143. The summed E-state index contributed by atoms with van der Waals surface area (Å²) in [5.74, 6) is 0.508. The van der Waals surface area contributed by atoms with Crippen molar-refractivity contribution in [1.82, 2.24) is 24.5 Å². The molecule has 0 radical (unpaired) electrons. The quantitative estimate of drug-likeness (QED) is 0.564. The summed E-state index contributed by atoms with van der Waals surface area (Å²) in [5.41, 5.74) is 3.48. The van der Waals surface area contributed by atoms with Crippen LogP contribution in [0, 0.1) is 6.92 Å². The molecule has 0 saturated carbocycles. The maximum absolute atomic E-state index is 12.5. The highest BCUT2D eigenvalue weighted by atomic mass is 16.2. The van der Waals surface area contributed by atoms with Gasteiger partial charge >= 0.3 is 0 Å². The smallest absolute Gasteiger partial charge is 0.247 e. The molecule has 0 aliphatic rings. The van der Waals surface area contributed by atoms with Crippen LogP contribution in [0.25, 0.3) is 11.4 Å². The second-order valence-electron chi connectivity index (χ2n) is 6.48. The standard InChI is InChI=1S/C21H20N6O/c1-16-13-20(27(24-16)14-17-7-3-2-4-8-17)23-21(28)15-26-12-10-19(25-26)18-9-5-6-11-22-18/h2-13H,14-15H2,1H3,(H,23,28). The number of rotatable bonds is 6. The first kappa shape index (κ1) is 17.7. The van der Waals surface area contributed by atoms with Crippen LogP contribution in [0.5, 0.6) is 0 Å². The van der Waals surface area contributed by atoms with Gasteiger partial charge in [0.05, 0.1) is 17.9 Å². The molecule has 3 heterocycles. The van der Waals surface area contributed by atoms with Crippen molar-refractivity contribution < 1.29 is 4.79 Å². The Kier molecular flexibility index (Phi) is 4.97. The number of carbonyl (C=O) groups excluding carboxylic acids is 1. The summed E-state index contributed by atoms with van der Waals surface area (Å²) in [7, 11) is 0. The molecule has 0 spiro atoms. The zero-order valence-electron chi connectivity index (χ0n) is 15.5. The van der Waals surface area contributed by atoms with Crippen molar-refractivity contribution in [3.63, 3.8) is 0 Å². The van der Waals surface area contributed by atoms with Crippen LogP contribution in [-0.2, 0) is 17.9 Å². The number of hydrogen-bond acceptors (Lipinski definition) is 4. The van der Waals surface area contributed by atoms with E-state index in [9.17, 15) is 4.79 Å². The molecule has 0 aliphatic carbocycles. The van der Waals surface area contributed by atoms with Gasteiger partial charge in [-0.1, -0.05) is 36.4 Å². The molecule has 0 bridgehead atoms. The third-order valence-electron chi connectivity index (χ3n) is 4.22. The highest BCUT2D eigenvalue weighted by molar-refractivity contribution is 5.89. The van der Waals surface area contributed by atoms with Gasteiger partial charge in [-0.2, -0.15) is 10.2 Å². The van der Waals surface area contributed by atoms with Crippen LogP contribution in [-0.4, -0.2) is 30.5 Å². The van der Waals surface area contributed by atoms with Crippen LogP contribution in [0.3, 0.4) is 0 Å². The van der Waals surface area contributed by atoms with E-state index < -0.39 is 0 Å². The predicted octanol–water partition coefficient (Wildman–Crippen LogP) is 3.14. The van der Waals surface area contributed by atoms with Crippen LogP contribution < -0.4 is 5.32 Å². The molecular formula is C21H20N6O. The largest absolute Gasteiger partial charge is 0.309 e. The summed E-state index contributed by atoms with van der Waals surface area (Å²) in [6.45, 7) is 2.61. The second-order valence-corrected chi connectivity index (χ2v) is 6.48. The molecule has 1 aromatic carbocycles. The third-order valence-corrected chi connectivity index (χ3v) is 4.22. The van der Waals surface area contributed by atoms with E-state index in [-0.39, 0.29) is 12.5 Å². The number of anilines is 1. The number of nitrogens with one attached hydrogen (secondary N) is 1. The molecule has 0 aliphatic heterocycles. The number of amides is 1. The zero-order chi connectivity index (χ0) is 19.3. The Labute approximate surface area is 162 Å². The molecule has 0 fully saturated rings. The lowest BCUT2D eigenvalue weighted by molar-refractivity contribution is -0.116. The molecule has 0 saturated heterocycles. The molecule has 4 rings (SSSR count). The normalized spacial score (nSPS) is 10.8. The molecule has 7 nitrogen and oxygen atoms in total. The van der Waals surface area contributed by atoms with Crippen molar-refractivity contribution in [3.05, 3.63) is 84.3 Å². The van der Waals surface area contributed by atoms with Gasteiger partial charge in [0, 0.05) is 18.5 Å². The average Bonchev–Trinajstić information content (AvgIpc) is 3.30. The van der Waals surface area contributed by atoms with Gasteiger partial charge < -0.3 is 5.32 Å². The maximum Gasteiger partial charge on any atom is 0.247 e. The first-order valence-corrected chi connectivity index (χ1v) is 9.00. The zero-order valence-corrected chi connectivity index (χ0v) is 15.5. The van der Waals surface area contributed by atoms with E-state index in [4.69, 9.17) is 0 Å². The van der Waals surface area contributed by atoms with Crippen molar-refractivity contribution in [3.8, 4) is 11.4 Å². The summed E-state index contributed by atoms with van der Waals surface area (Å²) in [6, 6.07) is 19.4. The minimum Gasteiger partial charge on any atom is -0.309 e. The Morgan fingerprint density at radius 2 is 1.82 bits per heavy atom.